The van der Waals surface area contributed by atoms with Gasteiger partial charge in [0.1, 0.15) is 11.5 Å². The Morgan fingerprint density at radius 2 is 2.14 bits per heavy atom. The molecule has 28 heavy (non-hydrogen) atoms. The Morgan fingerprint density at radius 1 is 1.29 bits per heavy atom. The SMILES string of the molecule is COC(=O)c1cccc(-c2ccc(/C=N\NC(=O)[C@@H]3[C@@H]4CCCC[C@]34C)o2)c1. The third kappa shape index (κ3) is 3.35. The molecule has 0 saturated heterocycles. The number of hydrazone groups is 1. The standard InChI is InChI=1S/C22H24N2O4/c1-22-11-4-3-8-17(22)19(22)20(25)24-23-13-16-9-10-18(28-16)14-6-5-7-15(12-14)21(26)27-2/h5-7,9-10,12-13,17,19H,3-4,8,11H2,1-2H3,(H,24,25)/b23-13-/t17-,19-,22-/m0/s1. The van der Waals surface area contributed by atoms with Crippen molar-refractivity contribution in [1.82, 2.24) is 5.43 Å². The molecule has 0 radical (unpaired) electrons. The van der Waals surface area contributed by atoms with E-state index in [1.807, 2.05) is 6.07 Å². The second-order valence-corrected chi connectivity index (χ2v) is 7.84. The van der Waals surface area contributed by atoms with Crippen LogP contribution in [0.2, 0.25) is 0 Å². The molecule has 146 valence electrons. The molecule has 1 aromatic heterocycles. The summed E-state index contributed by atoms with van der Waals surface area (Å²) in [6.07, 6.45) is 6.21. The van der Waals surface area contributed by atoms with Gasteiger partial charge in [-0.2, -0.15) is 5.10 Å². The van der Waals surface area contributed by atoms with E-state index in [1.54, 1.807) is 30.3 Å². The zero-order valence-electron chi connectivity index (χ0n) is 16.1. The van der Waals surface area contributed by atoms with Gasteiger partial charge in [0.15, 0.2) is 0 Å². The first-order valence-electron chi connectivity index (χ1n) is 9.64. The van der Waals surface area contributed by atoms with Crippen LogP contribution in [0, 0.1) is 17.3 Å². The largest absolute Gasteiger partial charge is 0.465 e. The molecular weight excluding hydrogens is 356 g/mol. The molecule has 2 saturated carbocycles. The number of benzene rings is 1. The molecule has 2 fully saturated rings. The van der Waals surface area contributed by atoms with Crippen LogP contribution >= 0.6 is 0 Å². The van der Waals surface area contributed by atoms with Gasteiger partial charge in [0, 0.05) is 11.5 Å². The number of carbonyl (C=O) groups excluding carboxylic acids is 2. The first-order valence-corrected chi connectivity index (χ1v) is 9.64. The number of furan rings is 1. The number of amides is 1. The number of hydrogen-bond donors (Lipinski definition) is 1. The van der Waals surface area contributed by atoms with Crippen LogP contribution in [0.1, 0.15) is 48.7 Å². The van der Waals surface area contributed by atoms with Crippen LogP contribution in [-0.2, 0) is 9.53 Å². The molecule has 1 amide bonds. The molecule has 0 unspecified atom stereocenters. The van der Waals surface area contributed by atoms with Gasteiger partial charge in [-0.3, -0.25) is 4.79 Å². The van der Waals surface area contributed by atoms with Crippen molar-refractivity contribution in [2.24, 2.45) is 22.4 Å². The van der Waals surface area contributed by atoms with Gasteiger partial charge in [-0.25, -0.2) is 10.2 Å². The first-order chi connectivity index (χ1) is 13.5. The Morgan fingerprint density at radius 3 is 2.89 bits per heavy atom. The maximum absolute atomic E-state index is 12.4. The molecular formula is C22H24N2O4. The van der Waals surface area contributed by atoms with E-state index in [0.29, 0.717) is 23.0 Å². The van der Waals surface area contributed by atoms with Crippen molar-refractivity contribution < 1.29 is 18.7 Å². The maximum atomic E-state index is 12.4. The topological polar surface area (TPSA) is 80.9 Å². The molecule has 0 bridgehead atoms. The Kier molecular flexibility index (Phi) is 4.79. The van der Waals surface area contributed by atoms with Crippen molar-refractivity contribution in [1.29, 1.82) is 0 Å². The summed E-state index contributed by atoms with van der Waals surface area (Å²) >= 11 is 0. The number of nitrogens with zero attached hydrogens (tertiary/aromatic N) is 1. The van der Waals surface area contributed by atoms with E-state index in [1.165, 1.54) is 26.2 Å². The van der Waals surface area contributed by atoms with Crippen molar-refractivity contribution in [3.8, 4) is 11.3 Å². The number of ether oxygens (including phenoxy) is 1. The van der Waals surface area contributed by atoms with Crippen LogP contribution in [0.25, 0.3) is 11.3 Å². The Labute approximate surface area is 164 Å². The zero-order chi connectivity index (χ0) is 19.7. The third-order valence-corrected chi connectivity index (χ3v) is 6.18. The lowest BCUT2D eigenvalue weighted by Crippen LogP contribution is -2.22. The molecule has 1 heterocycles. The van der Waals surface area contributed by atoms with Crippen LogP contribution in [-0.4, -0.2) is 25.2 Å². The molecule has 2 aliphatic carbocycles. The summed E-state index contributed by atoms with van der Waals surface area (Å²) < 4.78 is 10.5. The van der Waals surface area contributed by atoms with Crippen LogP contribution in [0.4, 0.5) is 0 Å². The van der Waals surface area contributed by atoms with Crippen LogP contribution < -0.4 is 5.43 Å². The highest BCUT2D eigenvalue weighted by Gasteiger charge is 2.64. The number of carbonyl (C=O) groups is 2. The second-order valence-electron chi connectivity index (χ2n) is 7.84. The van der Waals surface area contributed by atoms with Crippen molar-refractivity contribution >= 4 is 18.1 Å². The fourth-order valence-corrected chi connectivity index (χ4v) is 4.57. The van der Waals surface area contributed by atoms with E-state index in [-0.39, 0.29) is 17.2 Å². The Hall–Kier alpha value is -2.89. The van der Waals surface area contributed by atoms with Gasteiger partial charge in [-0.15, -0.1) is 0 Å². The molecule has 2 aromatic rings. The van der Waals surface area contributed by atoms with Gasteiger partial charge in [-0.1, -0.05) is 31.9 Å². The van der Waals surface area contributed by atoms with Crippen LogP contribution in [0.5, 0.6) is 0 Å². The molecule has 3 atom stereocenters. The van der Waals surface area contributed by atoms with Gasteiger partial charge in [0.2, 0.25) is 5.91 Å². The summed E-state index contributed by atoms with van der Waals surface area (Å²) in [6, 6.07) is 10.6. The lowest BCUT2D eigenvalue weighted by molar-refractivity contribution is -0.123. The van der Waals surface area contributed by atoms with Crippen molar-refractivity contribution in [2.45, 2.75) is 32.6 Å². The quantitative estimate of drug-likeness (QED) is 0.483. The van der Waals surface area contributed by atoms with Gasteiger partial charge >= 0.3 is 5.97 Å². The fraction of sp³-hybridized carbons (Fsp3) is 0.409. The molecule has 0 aliphatic heterocycles. The number of fused-ring (bicyclic) bond motifs is 1. The van der Waals surface area contributed by atoms with Gasteiger partial charge in [0.05, 0.1) is 18.9 Å². The molecule has 1 aromatic carbocycles. The van der Waals surface area contributed by atoms with E-state index < -0.39 is 5.97 Å². The van der Waals surface area contributed by atoms with Gasteiger partial charge in [-0.05, 0) is 48.4 Å². The summed E-state index contributed by atoms with van der Waals surface area (Å²) in [4.78, 5) is 24.1. The van der Waals surface area contributed by atoms with Crippen molar-refractivity contribution in [3.63, 3.8) is 0 Å². The van der Waals surface area contributed by atoms with E-state index in [0.717, 1.165) is 18.4 Å². The summed E-state index contributed by atoms with van der Waals surface area (Å²) in [6.45, 7) is 2.21. The molecule has 1 N–H and O–H groups in total. The minimum atomic E-state index is -0.396. The Balaban J connectivity index is 1.39. The van der Waals surface area contributed by atoms with E-state index in [4.69, 9.17) is 9.15 Å². The number of nitrogens with one attached hydrogen (secondary N) is 1. The lowest BCUT2D eigenvalue weighted by atomic mass is 9.90. The maximum Gasteiger partial charge on any atom is 0.337 e. The summed E-state index contributed by atoms with van der Waals surface area (Å²) in [7, 11) is 1.35. The minimum Gasteiger partial charge on any atom is -0.465 e. The summed E-state index contributed by atoms with van der Waals surface area (Å²) in [5, 5.41) is 4.07. The highest BCUT2D eigenvalue weighted by molar-refractivity contribution is 5.91. The monoisotopic (exact) mass is 380 g/mol. The van der Waals surface area contributed by atoms with E-state index >= 15 is 0 Å². The molecule has 2 aliphatic rings. The minimum absolute atomic E-state index is 0.00297. The normalized spacial score (nSPS) is 25.9. The molecule has 4 rings (SSSR count). The summed E-state index contributed by atoms with van der Waals surface area (Å²) in [5.41, 5.74) is 4.05. The molecule has 6 nitrogen and oxygen atoms in total. The van der Waals surface area contributed by atoms with E-state index in [2.05, 4.69) is 17.5 Å². The third-order valence-electron chi connectivity index (χ3n) is 6.18. The predicted octanol–water partition coefficient (Wildman–Crippen LogP) is 4.01. The average molecular weight is 380 g/mol. The zero-order valence-corrected chi connectivity index (χ0v) is 16.1. The smallest absolute Gasteiger partial charge is 0.337 e. The highest BCUT2D eigenvalue weighted by Crippen LogP contribution is 2.66. The predicted molar refractivity (Wildman–Crippen MR) is 105 cm³/mol. The van der Waals surface area contributed by atoms with Crippen molar-refractivity contribution in [2.75, 3.05) is 7.11 Å². The molecule has 0 spiro atoms. The first kappa shape index (κ1) is 18.5. The average Bonchev–Trinajstić information content (AvgIpc) is 3.07. The second kappa shape index (κ2) is 7.26. The van der Waals surface area contributed by atoms with Crippen LogP contribution in [0.15, 0.2) is 45.9 Å². The number of hydrogen-bond acceptors (Lipinski definition) is 5. The van der Waals surface area contributed by atoms with Gasteiger partial charge in [0.25, 0.3) is 0 Å². The number of esters is 1. The number of methoxy groups -OCH3 is 1. The van der Waals surface area contributed by atoms with E-state index in [9.17, 15) is 9.59 Å². The highest BCUT2D eigenvalue weighted by atomic mass is 16.5. The van der Waals surface area contributed by atoms with Crippen molar-refractivity contribution in [3.05, 3.63) is 47.7 Å². The van der Waals surface area contributed by atoms with Crippen LogP contribution in [0.3, 0.4) is 0 Å². The van der Waals surface area contributed by atoms with Gasteiger partial charge < -0.3 is 9.15 Å². The lowest BCUT2D eigenvalue weighted by Gasteiger charge is -2.15. The number of rotatable bonds is 5. The molecule has 6 heteroatoms. The fourth-order valence-electron chi connectivity index (χ4n) is 4.57. The Bertz CT molecular complexity index is 932. The summed E-state index contributed by atoms with van der Waals surface area (Å²) in [5.74, 6) is 1.34.